The molecule has 2 rings (SSSR count). The summed E-state index contributed by atoms with van der Waals surface area (Å²) < 4.78 is 10.6. The van der Waals surface area contributed by atoms with E-state index in [4.69, 9.17) is 15.0 Å². The third kappa shape index (κ3) is 2.25. The van der Waals surface area contributed by atoms with E-state index in [1.54, 1.807) is 0 Å². The van der Waals surface area contributed by atoms with Crippen LogP contribution < -0.4 is 5.73 Å². The molecule has 0 bridgehead atoms. The van der Waals surface area contributed by atoms with E-state index in [1.165, 1.54) is 0 Å². The minimum atomic E-state index is -0.493. The van der Waals surface area contributed by atoms with Crippen molar-refractivity contribution in [2.24, 2.45) is 5.73 Å². The van der Waals surface area contributed by atoms with E-state index in [9.17, 15) is 0 Å². The molecule has 1 atom stereocenters. The van der Waals surface area contributed by atoms with Gasteiger partial charge in [-0.05, 0) is 26.2 Å². The molecule has 1 aromatic heterocycles. The van der Waals surface area contributed by atoms with Crippen LogP contribution in [0.15, 0.2) is 4.52 Å². The Bertz CT molecular complexity index is 343. The normalized spacial score (nSPS) is 21.9. The average molecular weight is 225 g/mol. The summed E-state index contributed by atoms with van der Waals surface area (Å²) in [7, 11) is 0. The van der Waals surface area contributed by atoms with Gasteiger partial charge >= 0.3 is 0 Å². The Morgan fingerprint density at radius 1 is 1.44 bits per heavy atom. The third-order valence-corrected chi connectivity index (χ3v) is 3.26. The lowest BCUT2D eigenvalue weighted by molar-refractivity contribution is 0.0778. The summed E-state index contributed by atoms with van der Waals surface area (Å²) in [6, 6.07) is 0. The average Bonchev–Trinajstić information content (AvgIpc) is 2.80. The van der Waals surface area contributed by atoms with Crippen molar-refractivity contribution in [2.75, 3.05) is 13.2 Å². The van der Waals surface area contributed by atoms with E-state index in [2.05, 4.69) is 10.1 Å². The lowest BCUT2D eigenvalue weighted by Gasteiger charge is -2.19. The first-order valence-corrected chi connectivity index (χ1v) is 5.84. The SMILES string of the molecule is CCC(C)(N)c1noc(C2CCOCC2)n1. The first-order valence-electron chi connectivity index (χ1n) is 5.84. The van der Waals surface area contributed by atoms with Gasteiger partial charge in [0.25, 0.3) is 0 Å². The van der Waals surface area contributed by atoms with Crippen molar-refractivity contribution < 1.29 is 9.26 Å². The topological polar surface area (TPSA) is 74.2 Å². The van der Waals surface area contributed by atoms with Crippen LogP contribution in [0, 0.1) is 0 Å². The molecule has 1 aliphatic rings. The Kier molecular flexibility index (Phi) is 3.25. The van der Waals surface area contributed by atoms with Gasteiger partial charge in [0.15, 0.2) is 5.82 Å². The highest BCUT2D eigenvalue weighted by Crippen LogP contribution is 2.27. The highest BCUT2D eigenvalue weighted by Gasteiger charge is 2.28. The first kappa shape index (κ1) is 11.5. The van der Waals surface area contributed by atoms with Crippen molar-refractivity contribution in [1.29, 1.82) is 0 Å². The third-order valence-electron chi connectivity index (χ3n) is 3.26. The molecule has 2 heterocycles. The standard InChI is InChI=1S/C11H19N3O2/c1-3-11(2,12)10-13-9(16-14-10)8-4-6-15-7-5-8/h8H,3-7,12H2,1-2H3. The molecule has 1 unspecified atom stereocenters. The molecule has 0 saturated carbocycles. The summed E-state index contributed by atoms with van der Waals surface area (Å²) in [5.74, 6) is 1.66. The Morgan fingerprint density at radius 2 is 2.12 bits per heavy atom. The molecule has 0 radical (unpaired) electrons. The first-order chi connectivity index (χ1) is 7.63. The zero-order valence-corrected chi connectivity index (χ0v) is 9.90. The molecule has 90 valence electrons. The molecule has 16 heavy (non-hydrogen) atoms. The van der Waals surface area contributed by atoms with Crippen molar-refractivity contribution in [2.45, 2.75) is 44.6 Å². The number of aromatic nitrogens is 2. The number of rotatable bonds is 3. The summed E-state index contributed by atoms with van der Waals surface area (Å²) in [6.07, 6.45) is 2.70. The quantitative estimate of drug-likeness (QED) is 0.844. The predicted octanol–water partition coefficient (Wildman–Crippen LogP) is 1.55. The second-order valence-corrected chi connectivity index (χ2v) is 4.61. The Labute approximate surface area is 95.3 Å². The van der Waals surface area contributed by atoms with E-state index in [1.807, 2.05) is 13.8 Å². The van der Waals surface area contributed by atoms with Crippen LogP contribution >= 0.6 is 0 Å². The Hall–Kier alpha value is -0.940. The molecule has 1 fully saturated rings. The van der Waals surface area contributed by atoms with Crippen molar-refractivity contribution >= 4 is 0 Å². The van der Waals surface area contributed by atoms with E-state index in [-0.39, 0.29) is 0 Å². The lowest BCUT2D eigenvalue weighted by Crippen LogP contribution is -2.33. The van der Waals surface area contributed by atoms with Crippen LogP contribution in [0.25, 0.3) is 0 Å². The van der Waals surface area contributed by atoms with Crippen molar-refractivity contribution in [1.82, 2.24) is 10.1 Å². The molecular weight excluding hydrogens is 206 g/mol. The van der Waals surface area contributed by atoms with Crippen LogP contribution in [0.1, 0.15) is 50.7 Å². The molecule has 0 spiro atoms. The number of nitrogens with zero attached hydrogens (tertiary/aromatic N) is 2. The van der Waals surface area contributed by atoms with Crippen LogP contribution in [0.2, 0.25) is 0 Å². The second kappa shape index (κ2) is 4.51. The van der Waals surface area contributed by atoms with Crippen LogP contribution in [0.3, 0.4) is 0 Å². The van der Waals surface area contributed by atoms with Gasteiger partial charge in [0.2, 0.25) is 5.89 Å². The number of nitrogens with two attached hydrogens (primary N) is 1. The van der Waals surface area contributed by atoms with Gasteiger partial charge in [-0.15, -0.1) is 0 Å². The van der Waals surface area contributed by atoms with Crippen LogP contribution in [-0.4, -0.2) is 23.4 Å². The van der Waals surface area contributed by atoms with Crippen LogP contribution in [-0.2, 0) is 10.3 Å². The van der Waals surface area contributed by atoms with Gasteiger partial charge < -0.3 is 15.0 Å². The van der Waals surface area contributed by atoms with Gasteiger partial charge in [0.05, 0.1) is 5.54 Å². The number of hydrogen-bond acceptors (Lipinski definition) is 5. The largest absolute Gasteiger partial charge is 0.381 e. The van der Waals surface area contributed by atoms with Gasteiger partial charge in [0.1, 0.15) is 0 Å². The zero-order valence-electron chi connectivity index (χ0n) is 9.90. The minimum absolute atomic E-state index is 0.336. The fourth-order valence-corrected chi connectivity index (χ4v) is 1.74. The van der Waals surface area contributed by atoms with Crippen molar-refractivity contribution in [3.8, 4) is 0 Å². The number of ether oxygens (including phenoxy) is 1. The minimum Gasteiger partial charge on any atom is -0.381 e. The molecule has 0 aliphatic carbocycles. The summed E-state index contributed by atoms with van der Waals surface area (Å²) in [6.45, 7) is 5.49. The van der Waals surface area contributed by atoms with Gasteiger partial charge in [-0.2, -0.15) is 4.98 Å². The molecule has 0 amide bonds. The fraction of sp³-hybridized carbons (Fsp3) is 0.818. The van der Waals surface area contributed by atoms with Gasteiger partial charge in [0, 0.05) is 19.1 Å². The molecular formula is C11H19N3O2. The van der Waals surface area contributed by atoms with Crippen LogP contribution in [0.4, 0.5) is 0 Å². The predicted molar refractivity (Wildman–Crippen MR) is 58.9 cm³/mol. The zero-order chi connectivity index (χ0) is 11.6. The molecule has 0 aromatic carbocycles. The Balaban J connectivity index is 2.12. The van der Waals surface area contributed by atoms with Crippen molar-refractivity contribution in [3.63, 3.8) is 0 Å². The molecule has 5 heteroatoms. The smallest absolute Gasteiger partial charge is 0.230 e. The Morgan fingerprint density at radius 3 is 2.75 bits per heavy atom. The van der Waals surface area contributed by atoms with Gasteiger partial charge in [-0.25, -0.2) is 0 Å². The summed E-state index contributed by atoms with van der Waals surface area (Å²) in [4.78, 5) is 4.42. The highest BCUT2D eigenvalue weighted by molar-refractivity contribution is 5.03. The molecule has 5 nitrogen and oxygen atoms in total. The molecule has 2 N–H and O–H groups in total. The van der Waals surface area contributed by atoms with Gasteiger partial charge in [-0.1, -0.05) is 12.1 Å². The maximum Gasteiger partial charge on any atom is 0.230 e. The van der Waals surface area contributed by atoms with E-state index in [0.717, 1.165) is 32.5 Å². The maximum atomic E-state index is 6.07. The monoisotopic (exact) mass is 225 g/mol. The van der Waals surface area contributed by atoms with Gasteiger partial charge in [-0.3, -0.25) is 0 Å². The molecule has 1 aromatic rings. The molecule has 1 saturated heterocycles. The van der Waals surface area contributed by atoms with Crippen LogP contribution in [0.5, 0.6) is 0 Å². The number of hydrogen-bond donors (Lipinski definition) is 1. The van der Waals surface area contributed by atoms with E-state index < -0.39 is 5.54 Å². The lowest BCUT2D eigenvalue weighted by atomic mass is 9.98. The van der Waals surface area contributed by atoms with E-state index >= 15 is 0 Å². The fourth-order valence-electron chi connectivity index (χ4n) is 1.74. The highest BCUT2D eigenvalue weighted by atomic mass is 16.5. The molecule has 1 aliphatic heterocycles. The van der Waals surface area contributed by atoms with E-state index in [0.29, 0.717) is 17.6 Å². The van der Waals surface area contributed by atoms with Crippen molar-refractivity contribution in [3.05, 3.63) is 11.7 Å². The summed E-state index contributed by atoms with van der Waals surface area (Å²) in [5, 5.41) is 3.98. The second-order valence-electron chi connectivity index (χ2n) is 4.61. The maximum absolute atomic E-state index is 6.07. The summed E-state index contributed by atoms with van der Waals surface area (Å²) in [5.41, 5.74) is 5.58. The summed E-state index contributed by atoms with van der Waals surface area (Å²) >= 11 is 0.